The van der Waals surface area contributed by atoms with E-state index in [1.807, 2.05) is 4.90 Å². The first-order chi connectivity index (χ1) is 11.6. The van der Waals surface area contributed by atoms with E-state index in [1.54, 1.807) is 18.2 Å². The fourth-order valence-corrected chi connectivity index (χ4v) is 3.70. The highest BCUT2D eigenvalue weighted by Gasteiger charge is 2.26. The quantitative estimate of drug-likeness (QED) is 0.838. The van der Waals surface area contributed by atoms with Crippen LogP contribution in [-0.4, -0.2) is 42.4 Å². The van der Waals surface area contributed by atoms with Crippen molar-refractivity contribution in [3.63, 3.8) is 0 Å². The Morgan fingerprint density at radius 3 is 2.72 bits per heavy atom. The molecule has 25 heavy (non-hydrogen) atoms. The average Bonchev–Trinajstić information content (AvgIpc) is 3.09. The maximum atomic E-state index is 12.7. The van der Waals surface area contributed by atoms with E-state index in [1.165, 1.54) is 6.42 Å². The van der Waals surface area contributed by atoms with Gasteiger partial charge in [0.15, 0.2) is 0 Å². The highest BCUT2D eigenvalue weighted by atomic mass is 35.5. The zero-order chi connectivity index (χ0) is 17.1. The standard InChI is InChI=1S/C18H24ClN3O2.ClH/c1-12-4-2-3-9-22(12)18(24)15-6-5-14(10-16(15)19)21-17(23)13-7-8-20-11-13;/h5-6,10,12-13,20H,2-4,7-9,11H2,1H3,(H,21,23);1H. The van der Waals surface area contributed by atoms with Crippen molar-refractivity contribution in [1.29, 1.82) is 0 Å². The van der Waals surface area contributed by atoms with E-state index in [0.29, 0.717) is 22.8 Å². The number of nitrogens with zero attached hydrogens (tertiary/aromatic N) is 1. The minimum Gasteiger partial charge on any atom is -0.336 e. The monoisotopic (exact) mass is 385 g/mol. The van der Waals surface area contributed by atoms with Crippen molar-refractivity contribution in [3.05, 3.63) is 28.8 Å². The highest BCUT2D eigenvalue weighted by Crippen LogP contribution is 2.26. The van der Waals surface area contributed by atoms with Crippen molar-refractivity contribution in [2.75, 3.05) is 25.0 Å². The molecule has 0 saturated carbocycles. The Balaban J connectivity index is 0.00000225. The molecular weight excluding hydrogens is 361 g/mol. The Labute approximate surface area is 159 Å². The van der Waals surface area contributed by atoms with Crippen LogP contribution in [0.4, 0.5) is 5.69 Å². The number of piperidine rings is 1. The minimum atomic E-state index is -0.0231. The summed E-state index contributed by atoms with van der Waals surface area (Å²) in [6.45, 7) is 4.45. The molecule has 0 spiro atoms. The van der Waals surface area contributed by atoms with Crippen LogP contribution in [0, 0.1) is 5.92 Å². The molecule has 2 heterocycles. The van der Waals surface area contributed by atoms with Gasteiger partial charge in [-0.1, -0.05) is 11.6 Å². The molecule has 2 aliphatic rings. The molecular formula is C18H25Cl2N3O2. The molecule has 0 aromatic heterocycles. The van der Waals surface area contributed by atoms with Crippen LogP contribution < -0.4 is 10.6 Å². The molecule has 2 unspecified atom stereocenters. The van der Waals surface area contributed by atoms with Crippen LogP contribution in [0.25, 0.3) is 0 Å². The van der Waals surface area contributed by atoms with E-state index in [9.17, 15) is 9.59 Å². The maximum absolute atomic E-state index is 12.7. The molecule has 2 fully saturated rings. The third kappa shape index (κ3) is 4.66. The Hall–Kier alpha value is -1.30. The number of carbonyl (C=O) groups is 2. The fourth-order valence-electron chi connectivity index (χ4n) is 3.44. The molecule has 0 aliphatic carbocycles. The molecule has 1 aromatic carbocycles. The van der Waals surface area contributed by atoms with Gasteiger partial charge in [0.05, 0.1) is 16.5 Å². The number of rotatable bonds is 3. The van der Waals surface area contributed by atoms with Crippen LogP contribution in [0.5, 0.6) is 0 Å². The molecule has 7 heteroatoms. The van der Waals surface area contributed by atoms with Gasteiger partial charge in [-0.15, -0.1) is 12.4 Å². The molecule has 0 radical (unpaired) electrons. The second-order valence-electron chi connectivity index (χ2n) is 6.72. The summed E-state index contributed by atoms with van der Waals surface area (Å²) in [5.41, 5.74) is 1.14. The van der Waals surface area contributed by atoms with E-state index in [0.717, 1.165) is 32.4 Å². The summed E-state index contributed by atoms with van der Waals surface area (Å²) in [5, 5.41) is 6.46. The molecule has 2 aliphatic heterocycles. The highest BCUT2D eigenvalue weighted by molar-refractivity contribution is 6.34. The van der Waals surface area contributed by atoms with Crippen LogP contribution >= 0.6 is 24.0 Å². The normalized spacial score (nSPS) is 23.0. The third-order valence-corrected chi connectivity index (χ3v) is 5.27. The first kappa shape index (κ1) is 20.0. The van der Waals surface area contributed by atoms with Crippen LogP contribution in [0.15, 0.2) is 18.2 Å². The van der Waals surface area contributed by atoms with Gasteiger partial charge >= 0.3 is 0 Å². The summed E-state index contributed by atoms with van der Waals surface area (Å²) in [6.07, 6.45) is 4.09. The first-order valence-electron chi connectivity index (χ1n) is 8.68. The van der Waals surface area contributed by atoms with Crippen LogP contribution in [0.2, 0.25) is 5.02 Å². The Morgan fingerprint density at radius 2 is 2.08 bits per heavy atom. The zero-order valence-electron chi connectivity index (χ0n) is 14.4. The lowest BCUT2D eigenvalue weighted by Crippen LogP contribution is -2.42. The van der Waals surface area contributed by atoms with Crippen molar-refractivity contribution in [3.8, 4) is 0 Å². The molecule has 5 nitrogen and oxygen atoms in total. The average molecular weight is 386 g/mol. The van der Waals surface area contributed by atoms with Crippen molar-refractivity contribution < 1.29 is 9.59 Å². The van der Waals surface area contributed by atoms with E-state index >= 15 is 0 Å². The topological polar surface area (TPSA) is 61.4 Å². The Morgan fingerprint density at radius 1 is 1.28 bits per heavy atom. The van der Waals surface area contributed by atoms with Crippen molar-refractivity contribution in [2.45, 2.75) is 38.6 Å². The Kier molecular flexibility index (Phi) is 7.11. The van der Waals surface area contributed by atoms with Gasteiger partial charge in [-0.25, -0.2) is 0 Å². The molecule has 2 N–H and O–H groups in total. The minimum absolute atomic E-state index is 0. The smallest absolute Gasteiger partial charge is 0.255 e. The van der Waals surface area contributed by atoms with Gasteiger partial charge in [-0.05, 0) is 57.4 Å². The van der Waals surface area contributed by atoms with Gasteiger partial charge in [0.25, 0.3) is 5.91 Å². The lowest BCUT2D eigenvalue weighted by molar-refractivity contribution is -0.119. The molecule has 2 atom stereocenters. The predicted octanol–water partition coefficient (Wildman–Crippen LogP) is 3.32. The van der Waals surface area contributed by atoms with Crippen LogP contribution in [0.3, 0.4) is 0 Å². The second-order valence-corrected chi connectivity index (χ2v) is 7.12. The Bertz CT molecular complexity index is 633. The van der Waals surface area contributed by atoms with Gasteiger partial charge in [0.2, 0.25) is 5.91 Å². The van der Waals surface area contributed by atoms with Gasteiger partial charge in [0.1, 0.15) is 0 Å². The van der Waals surface area contributed by atoms with Crippen molar-refractivity contribution in [1.82, 2.24) is 10.2 Å². The van der Waals surface area contributed by atoms with E-state index in [2.05, 4.69) is 17.6 Å². The summed E-state index contributed by atoms with van der Waals surface area (Å²) in [6, 6.07) is 5.39. The van der Waals surface area contributed by atoms with Gasteiger partial charge < -0.3 is 15.5 Å². The summed E-state index contributed by atoms with van der Waals surface area (Å²) in [4.78, 5) is 26.8. The number of halogens is 2. The molecule has 1 aromatic rings. The number of nitrogens with one attached hydrogen (secondary N) is 2. The van der Waals surface area contributed by atoms with Gasteiger partial charge in [-0.2, -0.15) is 0 Å². The van der Waals surface area contributed by atoms with Crippen molar-refractivity contribution in [2.24, 2.45) is 5.92 Å². The van der Waals surface area contributed by atoms with E-state index in [-0.39, 0.29) is 36.2 Å². The fraction of sp³-hybridized carbons (Fsp3) is 0.556. The molecule has 0 bridgehead atoms. The summed E-state index contributed by atoms with van der Waals surface area (Å²) >= 11 is 6.32. The number of hydrogen-bond acceptors (Lipinski definition) is 3. The molecule has 2 saturated heterocycles. The van der Waals surface area contributed by atoms with Gasteiger partial charge in [-0.3, -0.25) is 9.59 Å². The van der Waals surface area contributed by atoms with Crippen molar-refractivity contribution >= 4 is 41.5 Å². The van der Waals surface area contributed by atoms with Gasteiger partial charge in [0, 0.05) is 24.8 Å². The van der Waals surface area contributed by atoms with E-state index < -0.39 is 0 Å². The largest absolute Gasteiger partial charge is 0.336 e. The predicted molar refractivity (Wildman–Crippen MR) is 103 cm³/mol. The lowest BCUT2D eigenvalue weighted by atomic mass is 10.0. The molecule has 3 rings (SSSR count). The van der Waals surface area contributed by atoms with E-state index in [4.69, 9.17) is 11.6 Å². The number of hydrogen-bond donors (Lipinski definition) is 2. The molecule has 138 valence electrons. The first-order valence-corrected chi connectivity index (χ1v) is 9.06. The lowest BCUT2D eigenvalue weighted by Gasteiger charge is -2.33. The maximum Gasteiger partial charge on any atom is 0.255 e. The number of amides is 2. The number of benzene rings is 1. The second kappa shape index (κ2) is 8.88. The SMILES string of the molecule is CC1CCCCN1C(=O)c1ccc(NC(=O)C2CCNC2)cc1Cl.Cl. The summed E-state index contributed by atoms with van der Waals surface area (Å²) < 4.78 is 0. The third-order valence-electron chi connectivity index (χ3n) is 4.96. The number of anilines is 1. The summed E-state index contributed by atoms with van der Waals surface area (Å²) in [5.74, 6) is -0.0239. The summed E-state index contributed by atoms with van der Waals surface area (Å²) in [7, 11) is 0. The number of likely N-dealkylation sites (tertiary alicyclic amines) is 1. The van der Waals surface area contributed by atoms with Crippen LogP contribution in [-0.2, 0) is 4.79 Å². The molecule has 2 amide bonds. The van der Waals surface area contributed by atoms with Crippen LogP contribution in [0.1, 0.15) is 43.0 Å². The number of carbonyl (C=O) groups excluding carboxylic acids is 2. The zero-order valence-corrected chi connectivity index (χ0v) is 16.0.